The zero-order valence-corrected chi connectivity index (χ0v) is 24.1. The van der Waals surface area contributed by atoms with Crippen LogP contribution in [0.1, 0.15) is 52.2 Å². The molecule has 1 unspecified atom stereocenters. The number of rotatable bonds is 7. The molecule has 0 bridgehead atoms. The SMILES string of the molecule is Cn1nc(Nc2cc(-c3ccc(F)c(NC(=O)c4cc5c(s4)CC(C)(C)C5F)c3)nn(C)c2=O)cc1CN1CCC1. The van der Waals surface area contributed by atoms with Crippen LogP contribution >= 0.6 is 11.3 Å². The number of carbonyl (C=O) groups is 1. The summed E-state index contributed by atoms with van der Waals surface area (Å²) in [4.78, 5) is 29.4. The molecule has 9 nitrogen and oxygen atoms in total. The number of carbonyl (C=O) groups excluding carboxylic acids is 1. The predicted molar refractivity (Wildman–Crippen MR) is 155 cm³/mol. The zero-order valence-electron chi connectivity index (χ0n) is 23.3. The molecule has 12 heteroatoms. The fraction of sp³-hybridized carbons (Fsp3) is 0.379. The van der Waals surface area contributed by atoms with E-state index in [0.717, 1.165) is 30.2 Å². The lowest BCUT2D eigenvalue weighted by Crippen LogP contribution is -2.36. The summed E-state index contributed by atoms with van der Waals surface area (Å²) in [6.45, 7) is 6.64. The molecule has 1 aliphatic carbocycles. The molecule has 0 spiro atoms. The fourth-order valence-electron chi connectivity index (χ4n) is 5.26. The van der Waals surface area contributed by atoms with E-state index in [4.69, 9.17) is 0 Å². The van der Waals surface area contributed by atoms with Crippen LogP contribution in [-0.2, 0) is 27.1 Å². The van der Waals surface area contributed by atoms with Gasteiger partial charge in [0.05, 0.1) is 22.0 Å². The van der Waals surface area contributed by atoms with Crippen molar-refractivity contribution in [1.82, 2.24) is 24.5 Å². The lowest BCUT2D eigenvalue weighted by atomic mass is 9.89. The van der Waals surface area contributed by atoms with E-state index in [9.17, 15) is 18.4 Å². The van der Waals surface area contributed by atoms with Crippen LogP contribution in [-0.4, -0.2) is 43.5 Å². The van der Waals surface area contributed by atoms with E-state index in [1.165, 1.54) is 47.7 Å². The molecule has 1 fully saturated rings. The molecule has 1 aromatic carbocycles. The van der Waals surface area contributed by atoms with Crippen molar-refractivity contribution in [3.8, 4) is 11.3 Å². The summed E-state index contributed by atoms with van der Waals surface area (Å²) in [5.74, 6) is -0.599. The molecule has 1 atom stereocenters. The number of benzene rings is 1. The van der Waals surface area contributed by atoms with Crippen LogP contribution in [0.2, 0.25) is 0 Å². The van der Waals surface area contributed by atoms with E-state index in [0.29, 0.717) is 33.9 Å². The molecule has 41 heavy (non-hydrogen) atoms. The van der Waals surface area contributed by atoms with Crippen LogP contribution < -0.4 is 16.2 Å². The topological polar surface area (TPSA) is 97.1 Å². The van der Waals surface area contributed by atoms with Gasteiger partial charge in [0.25, 0.3) is 11.5 Å². The Morgan fingerprint density at radius 3 is 2.59 bits per heavy atom. The number of anilines is 3. The third kappa shape index (κ3) is 5.17. The lowest BCUT2D eigenvalue weighted by Gasteiger charge is -2.30. The maximum Gasteiger partial charge on any atom is 0.290 e. The van der Waals surface area contributed by atoms with Gasteiger partial charge in [0.15, 0.2) is 5.82 Å². The maximum absolute atomic E-state index is 14.8. The molecule has 4 heterocycles. The predicted octanol–water partition coefficient (Wildman–Crippen LogP) is 5.18. The summed E-state index contributed by atoms with van der Waals surface area (Å²) in [5.41, 5.74) is 1.84. The van der Waals surface area contributed by atoms with Crippen LogP contribution in [0, 0.1) is 11.2 Å². The molecule has 0 saturated carbocycles. The van der Waals surface area contributed by atoms with E-state index in [2.05, 4.69) is 25.7 Å². The summed E-state index contributed by atoms with van der Waals surface area (Å²) in [7, 11) is 3.40. The first kappa shape index (κ1) is 27.3. The number of thiophene rings is 1. The second-order valence-electron chi connectivity index (χ2n) is 11.4. The van der Waals surface area contributed by atoms with E-state index < -0.39 is 23.3 Å². The number of hydrogen-bond acceptors (Lipinski definition) is 7. The first-order valence-corrected chi connectivity index (χ1v) is 14.3. The quantitative estimate of drug-likeness (QED) is 0.313. The van der Waals surface area contributed by atoms with Crippen LogP contribution in [0.5, 0.6) is 0 Å². The third-order valence-corrected chi connectivity index (χ3v) is 8.94. The molecule has 4 aromatic rings. The van der Waals surface area contributed by atoms with Gasteiger partial charge in [0.1, 0.15) is 17.7 Å². The number of nitrogens with one attached hydrogen (secondary N) is 2. The summed E-state index contributed by atoms with van der Waals surface area (Å²) < 4.78 is 32.6. The van der Waals surface area contributed by atoms with Crippen LogP contribution in [0.3, 0.4) is 0 Å². The summed E-state index contributed by atoms with van der Waals surface area (Å²) >= 11 is 1.24. The van der Waals surface area contributed by atoms with Gasteiger partial charge in [0.2, 0.25) is 0 Å². The normalized spacial score (nSPS) is 17.8. The molecule has 214 valence electrons. The number of aryl methyl sites for hydroxylation is 2. The van der Waals surface area contributed by atoms with Crippen molar-refractivity contribution < 1.29 is 13.6 Å². The van der Waals surface area contributed by atoms with Crippen molar-refractivity contribution in [2.45, 2.75) is 39.4 Å². The van der Waals surface area contributed by atoms with E-state index in [-0.39, 0.29) is 16.9 Å². The molecule has 1 saturated heterocycles. The number of halogens is 2. The Balaban J connectivity index is 1.23. The Morgan fingerprint density at radius 2 is 1.88 bits per heavy atom. The van der Waals surface area contributed by atoms with E-state index in [1.54, 1.807) is 16.8 Å². The minimum Gasteiger partial charge on any atom is -0.334 e. The van der Waals surface area contributed by atoms with Gasteiger partial charge in [-0.05, 0) is 56.3 Å². The molecule has 1 amide bonds. The molecular formula is C29H31F2N7O2S. The number of alkyl halides is 1. The number of nitrogens with zero attached hydrogens (tertiary/aromatic N) is 5. The van der Waals surface area contributed by atoms with E-state index in [1.807, 2.05) is 27.0 Å². The van der Waals surface area contributed by atoms with Crippen molar-refractivity contribution in [1.29, 1.82) is 0 Å². The number of likely N-dealkylation sites (tertiary alicyclic amines) is 1. The zero-order chi connectivity index (χ0) is 29.1. The van der Waals surface area contributed by atoms with Crippen molar-refractivity contribution in [3.05, 3.63) is 73.6 Å². The maximum atomic E-state index is 14.8. The fourth-order valence-corrected chi connectivity index (χ4v) is 6.58. The summed E-state index contributed by atoms with van der Waals surface area (Å²) in [6.07, 6.45) is 0.604. The van der Waals surface area contributed by atoms with Gasteiger partial charge in [-0.1, -0.05) is 13.8 Å². The molecule has 2 N–H and O–H groups in total. The minimum absolute atomic E-state index is 0.0382. The number of aromatic nitrogens is 4. The van der Waals surface area contributed by atoms with Crippen LogP contribution in [0.15, 0.2) is 41.2 Å². The molecule has 0 radical (unpaired) electrons. The number of hydrogen-bond donors (Lipinski definition) is 2. The average molecular weight is 580 g/mol. The summed E-state index contributed by atoms with van der Waals surface area (Å²) in [6, 6.07) is 9.30. The minimum atomic E-state index is -1.15. The van der Waals surface area contributed by atoms with E-state index >= 15 is 0 Å². The Bertz CT molecular complexity index is 1720. The van der Waals surface area contributed by atoms with Gasteiger partial charge in [-0.2, -0.15) is 10.2 Å². The van der Waals surface area contributed by atoms with Gasteiger partial charge in [-0.3, -0.25) is 19.2 Å². The monoisotopic (exact) mass is 579 g/mol. The van der Waals surface area contributed by atoms with Gasteiger partial charge in [0, 0.05) is 48.1 Å². The van der Waals surface area contributed by atoms with Gasteiger partial charge in [-0.25, -0.2) is 13.5 Å². The Morgan fingerprint density at radius 1 is 1.10 bits per heavy atom. The second kappa shape index (κ2) is 10.2. The number of amides is 1. The van der Waals surface area contributed by atoms with Crippen molar-refractivity contribution >= 4 is 34.4 Å². The Hall–Kier alpha value is -3.90. The van der Waals surface area contributed by atoms with Crippen LogP contribution in [0.25, 0.3) is 11.3 Å². The molecule has 1 aliphatic heterocycles. The highest BCUT2D eigenvalue weighted by Crippen LogP contribution is 2.50. The molecule has 3 aromatic heterocycles. The Kier molecular flexibility index (Phi) is 6.77. The van der Waals surface area contributed by atoms with Crippen molar-refractivity contribution in [2.75, 3.05) is 23.7 Å². The molecule has 6 rings (SSSR count). The Labute approximate surface area is 239 Å². The second-order valence-corrected chi connectivity index (χ2v) is 12.6. The highest BCUT2D eigenvalue weighted by atomic mass is 32.1. The lowest BCUT2D eigenvalue weighted by molar-refractivity contribution is 0.102. The third-order valence-electron chi connectivity index (χ3n) is 7.79. The largest absolute Gasteiger partial charge is 0.334 e. The smallest absolute Gasteiger partial charge is 0.290 e. The van der Waals surface area contributed by atoms with Gasteiger partial charge in [-0.15, -0.1) is 11.3 Å². The molecule has 2 aliphatic rings. The van der Waals surface area contributed by atoms with Gasteiger partial charge >= 0.3 is 0 Å². The van der Waals surface area contributed by atoms with Crippen molar-refractivity contribution in [2.24, 2.45) is 19.5 Å². The standard InChI is InChI=1S/C29H31F2N7O2S/c1-29(2)14-24-18(26(29)31)12-23(41-24)27(39)33-21-10-16(6-7-19(21)30)20-13-22(28(40)37(4)34-20)32-25-11-17(36(3)35-25)15-38-8-5-9-38/h6-7,10-13,26H,5,8-9,14-15H2,1-4H3,(H,32,35)(H,33,39). The van der Waals surface area contributed by atoms with Crippen molar-refractivity contribution in [3.63, 3.8) is 0 Å². The highest BCUT2D eigenvalue weighted by molar-refractivity contribution is 7.14. The average Bonchev–Trinajstić information content (AvgIpc) is 3.52. The van der Waals surface area contributed by atoms with Gasteiger partial charge < -0.3 is 10.6 Å². The highest BCUT2D eigenvalue weighted by Gasteiger charge is 2.41. The molecular weight excluding hydrogens is 548 g/mol. The first-order valence-electron chi connectivity index (χ1n) is 13.5. The van der Waals surface area contributed by atoms with Crippen LogP contribution in [0.4, 0.5) is 26.0 Å². The first-order chi connectivity index (χ1) is 19.5. The number of fused-ring (bicyclic) bond motifs is 1. The summed E-state index contributed by atoms with van der Waals surface area (Å²) in [5, 5.41) is 14.6.